The minimum absolute atomic E-state index is 0.0152. The highest BCUT2D eigenvalue weighted by molar-refractivity contribution is 7.11. The molecule has 1 aromatic heterocycles. The molecule has 0 aliphatic rings. The molecule has 104 valence electrons. The molecule has 0 saturated heterocycles. The van der Waals surface area contributed by atoms with Crippen molar-refractivity contribution in [2.45, 2.75) is 25.8 Å². The molecule has 19 heavy (non-hydrogen) atoms. The molecule has 0 unspecified atom stereocenters. The summed E-state index contributed by atoms with van der Waals surface area (Å²) in [6.45, 7) is 1.90. The SMILES string of the molecule is CCOC(=O)CC[C@H](NC(=O)c1cncs1)C(=O)O. The van der Waals surface area contributed by atoms with Crippen LogP contribution in [0.4, 0.5) is 0 Å². The number of hydrogen-bond acceptors (Lipinski definition) is 6. The molecule has 2 N–H and O–H groups in total. The Morgan fingerprint density at radius 3 is 2.79 bits per heavy atom. The fourth-order valence-electron chi connectivity index (χ4n) is 1.31. The number of nitrogens with zero attached hydrogens (tertiary/aromatic N) is 1. The number of carboxylic acid groups (broad SMARTS) is 1. The van der Waals surface area contributed by atoms with Gasteiger partial charge in [0.2, 0.25) is 0 Å². The van der Waals surface area contributed by atoms with Gasteiger partial charge in [0.15, 0.2) is 0 Å². The number of amides is 1. The van der Waals surface area contributed by atoms with Gasteiger partial charge in [0.1, 0.15) is 10.9 Å². The van der Waals surface area contributed by atoms with Gasteiger partial charge in [-0.3, -0.25) is 14.6 Å². The van der Waals surface area contributed by atoms with E-state index in [-0.39, 0.29) is 19.4 Å². The summed E-state index contributed by atoms with van der Waals surface area (Å²) in [6.07, 6.45) is 1.27. The molecule has 1 aromatic rings. The summed E-state index contributed by atoms with van der Waals surface area (Å²) >= 11 is 1.11. The molecule has 7 nitrogen and oxygen atoms in total. The Morgan fingerprint density at radius 2 is 2.26 bits per heavy atom. The summed E-state index contributed by atoms with van der Waals surface area (Å²) < 4.78 is 4.70. The van der Waals surface area contributed by atoms with Gasteiger partial charge < -0.3 is 15.2 Å². The van der Waals surface area contributed by atoms with Crippen molar-refractivity contribution in [3.63, 3.8) is 0 Å². The van der Waals surface area contributed by atoms with Gasteiger partial charge in [0.05, 0.1) is 18.3 Å². The number of ether oxygens (including phenoxy) is 1. The van der Waals surface area contributed by atoms with Gasteiger partial charge in [0, 0.05) is 6.42 Å². The van der Waals surface area contributed by atoms with Crippen LogP contribution < -0.4 is 5.32 Å². The van der Waals surface area contributed by atoms with E-state index in [1.54, 1.807) is 6.92 Å². The van der Waals surface area contributed by atoms with Crippen molar-refractivity contribution in [3.8, 4) is 0 Å². The maximum Gasteiger partial charge on any atom is 0.326 e. The lowest BCUT2D eigenvalue weighted by Gasteiger charge is -2.13. The number of thiazole rings is 1. The van der Waals surface area contributed by atoms with E-state index in [1.807, 2.05) is 0 Å². The number of esters is 1. The second kappa shape index (κ2) is 7.47. The van der Waals surface area contributed by atoms with E-state index in [0.29, 0.717) is 4.88 Å². The Labute approximate surface area is 113 Å². The van der Waals surface area contributed by atoms with Gasteiger partial charge in [-0.05, 0) is 13.3 Å². The Balaban J connectivity index is 2.51. The third kappa shape index (κ3) is 5.04. The number of hydrogen-bond donors (Lipinski definition) is 2. The second-order valence-electron chi connectivity index (χ2n) is 3.57. The van der Waals surface area contributed by atoms with E-state index >= 15 is 0 Å². The standard InChI is InChI=1S/C11H14N2O5S/c1-2-18-9(14)4-3-7(11(16)17)13-10(15)8-5-12-6-19-8/h5-7H,2-4H2,1H3,(H,13,15)(H,16,17)/t7-/m0/s1. The van der Waals surface area contributed by atoms with Crippen LogP contribution in [0.15, 0.2) is 11.7 Å². The smallest absolute Gasteiger partial charge is 0.326 e. The third-order valence-electron chi connectivity index (χ3n) is 2.20. The zero-order chi connectivity index (χ0) is 14.3. The highest BCUT2D eigenvalue weighted by atomic mass is 32.1. The summed E-state index contributed by atoms with van der Waals surface area (Å²) in [4.78, 5) is 37.9. The fraction of sp³-hybridized carbons (Fsp3) is 0.455. The summed E-state index contributed by atoms with van der Waals surface area (Å²) in [6, 6.07) is -1.13. The first-order valence-electron chi connectivity index (χ1n) is 5.62. The normalized spacial score (nSPS) is 11.6. The van der Waals surface area contributed by atoms with E-state index in [1.165, 1.54) is 11.7 Å². The maximum atomic E-state index is 11.7. The van der Waals surface area contributed by atoms with Gasteiger partial charge >= 0.3 is 11.9 Å². The first kappa shape index (κ1) is 15.1. The quantitative estimate of drug-likeness (QED) is 0.714. The maximum absolute atomic E-state index is 11.7. The van der Waals surface area contributed by atoms with Gasteiger partial charge in [-0.1, -0.05) is 0 Å². The van der Waals surface area contributed by atoms with E-state index in [2.05, 4.69) is 10.3 Å². The number of rotatable bonds is 7. The molecule has 0 bridgehead atoms. The van der Waals surface area contributed by atoms with Crippen molar-refractivity contribution in [1.82, 2.24) is 10.3 Å². The minimum Gasteiger partial charge on any atom is -0.480 e. The molecule has 0 spiro atoms. The lowest BCUT2D eigenvalue weighted by Crippen LogP contribution is -2.40. The molecule has 1 rings (SSSR count). The Bertz CT molecular complexity index is 446. The Hall–Kier alpha value is -1.96. The number of carbonyl (C=O) groups is 3. The average molecular weight is 286 g/mol. The molecular formula is C11H14N2O5S. The van der Waals surface area contributed by atoms with Crippen LogP contribution in [-0.2, 0) is 14.3 Å². The zero-order valence-electron chi connectivity index (χ0n) is 10.3. The molecule has 0 aliphatic carbocycles. The molecule has 8 heteroatoms. The van der Waals surface area contributed by atoms with E-state index in [0.717, 1.165) is 11.3 Å². The largest absolute Gasteiger partial charge is 0.480 e. The Kier molecular flexibility index (Phi) is 5.94. The van der Waals surface area contributed by atoms with Crippen molar-refractivity contribution >= 4 is 29.2 Å². The van der Waals surface area contributed by atoms with Crippen molar-refractivity contribution in [2.24, 2.45) is 0 Å². The third-order valence-corrected chi connectivity index (χ3v) is 2.97. The van der Waals surface area contributed by atoms with E-state index in [4.69, 9.17) is 9.84 Å². The first-order valence-corrected chi connectivity index (χ1v) is 6.50. The fourth-order valence-corrected chi connectivity index (χ4v) is 1.83. The predicted octanol–water partition coefficient (Wildman–Crippen LogP) is 0.669. The molecule has 0 fully saturated rings. The summed E-state index contributed by atoms with van der Waals surface area (Å²) in [7, 11) is 0. The molecule has 1 amide bonds. The number of aromatic nitrogens is 1. The first-order chi connectivity index (χ1) is 9.04. The van der Waals surface area contributed by atoms with Crippen molar-refractivity contribution < 1.29 is 24.2 Å². The average Bonchev–Trinajstić information content (AvgIpc) is 2.88. The topological polar surface area (TPSA) is 106 Å². The highest BCUT2D eigenvalue weighted by Gasteiger charge is 2.22. The van der Waals surface area contributed by atoms with Crippen LogP contribution in [0.5, 0.6) is 0 Å². The molecule has 0 aliphatic heterocycles. The molecule has 1 atom stereocenters. The Morgan fingerprint density at radius 1 is 1.53 bits per heavy atom. The van der Waals surface area contributed by atoms with E-state index in [9.17, 15) is 14.4 Å². The molecule has 0 saturated carbocycles. The molecule has 1 heterocycles. The molecule has 0 aromatic carbocycles. The number of nitrogens with one attached hydrogen (secondary N) is 1. The second-order valence-corrected chi connectivity index (χ2v) is 4.46. The van der Waals surface area contributed by atoms with Gasteiger partial charge in [0.25, 0.3) is 5.91 Å². The lowest BCUT2D eigenvalue weighted by atomic mass is 10.1. The van der Waals surface area contributed by atoms with Gasteiger partial charge in [-0.15, -0.1) is 11.3 Å². The van der Waals surface area contributed by atoms with Crippen LogP contribution in [0.25, 0.3) is 0 Å². The predicted molar refractivity (Wildman–Crippen MR) is 66.9 cm³/mol. The summed E-state index contributed by atoms with van der Waals surface area (Å²) in [5.41, 5.74) is 1.48. The van der Waals surface area contributed by atoms with Crippen LogP contribution in [0.3, 0.4) is 0 Å². The van der Waals surface area contributed by atoms with Crippen molar-refractivity contribution in [2.75, 3.05) is 6.61 Å². The highest BCUT2D eigenvalue weighted by Crippen LogP contribution is 2.07. The molecular weight excluding hydrogens is 272 g/mol. The van der Waals surface area contributed by atoms with Crippen molar-refractivity contribution in [1.29, 1.82) is 0 Å². The molecule has 0 radical (unpaired) electrons. The number of carboxylic acids is 1. The van der Waals surface area contributed by atoms with Crippen molar-refractivity contribution in [3.05, 3.63) is 16.6 Å². The van der Waals surface area contributed by atoms with Crippen LogP contribution in [0.2, 0.25) is 0 Å². The minimum atomic E-state index is -1.19. The van der Waals surface area contributed by atoms with Crippen LogP contribution in [-0.4, -0.2) is 40.6 Å². The van der Waals surface area contributed by atoms with E-state index < -0.39 is 23.9 Å². The van der Waals surface area contributed by atoms with Gasteiger partial charge in [-0.25, -0.2) is 4.79 Å². The van der Waals surface area contributed by atoms with Crippen LogP contribution in [0, 0.1) is 0 Å². The van der Waals surface area contributed by atoms with Crippen LogP contribution in [0.1, 0.15) is 29.4 Å². The van der Waals surface area contributed by atoms with Crippen LogP contribution >= 0.6 is 11.3 Å². The lowest BCUT2D eigenvalue weighted by molar-refractivity contribution is -0.144. The monoisotopic (exact) mass is 286 g/mol. The summed E-state index contributed by atoms with van der Waals surface area (Å²) in [5.74, 6) is -2.19. The number of carbonyl (C=O) groups excluding carboxylic acids is 2. The zero-order valence-corrected chi connectivity index (χ0v) is 11.1. The van der Waals surface area contributed by atoms with Gasteiger partial charge in [-0.2, -0.15) is 0 Å². The number of aliphatic carboxylic acids is 1. The summed E-state index contributed by atoms with van der Waals surface area (Å²) in [5, 5.41) is 11.3.